The van der Waals surface area contributed by atoms with Crippen molar-refractivity contribution in [1.82, 2.24) is 24.5 Å². The summed E-state index contributed by atoms with van der Waals surface area (Å²) in [5.74, 6) is 2.14. The van der Waals surface area contributed by atoms with Crippen LogP contribution >= 0.6 is 0 Å². The van der Waals surface area contributed by atoms with Crippen molar-refractivity contribution in [3.05, 3.63) is 74.7 Å². The van der Waals surface area contributed by atoms with Crippen molar-refractivity contribution in [3.63, 3.8) is 0 Å². The molecule has 1 fully saturated rings. The average molecular weight is 377 g/mol. The lowest BCUT2D eigenvalue weighted by Gasteiger charge is -2.10. The second-order valence-corrected chi connectivity index (χ2v) is 7.86. The standard InChI is InChI=1S/C22H27N5O/c1-15-8-4-5-11-19(15)13-26-20(23-22(25-26)18-9-6-7-10-18)14-27-21(28)12-16(2)17(3)24-27/h4-5,8,11-12,18H,6-7,9-10,13-14H2,1-3H3. The third-order valence-corrected chi connectivity index (χ3v) is 5.79. The molecule has 1 aliphatic carbocycles. The maximum absolute atomic E-state index is 12.4. The van der Waals surface area contributed by atoms with Crippen LogP contribution in [-0.2, 0) is 13.1 Å². The third-order valence-electron chi connectivity index (χ3n) is 5.79. The van der Waals surface area contributed by atoms with Gasteiger partial charge in [0.2, 0.25) is 0 Å². The SMILES string of the molecule is Cc1ccccc1Cn1nc(C2CCCC2)nc1Cn1nc(C)c(C)cc1=O. The first-order chi connectivity index (χ1) is 13.5. The highest BCUT2D eigenvalue weighted by Crippen LogP contribution is 2.32. The van der Waals surface area contributed by atoms with Gasteiger partial charge in [0.05, 0.1) is 12.2 Å². The number of benzene rings is 1. The highest BCUT2D eigenvalue weighted by molar-refractivity contribution is 5.26. The highest BCUT2D eigenvalue weighted by atomic mass is 16.1. The van der Waals surface area contributed by atoms with E-state index >= 15 is 0 Å². The summed E-state index contributed by atoms with van der Waals surface area (Å²) >= 11 is 0. The Bertz CT molecular complexity index is 1040. The molecule has 1 aromatic carbocycles. The van der Waals surface area contributed by atoms with Crippen molar-refractivity contribution in [2.45, 2.75) is 65.5 Å². The van der Waals surface area contributed by atoms with Crippen LogP contribution in [0.4, 0.5) is 0 Å². The molecule has 28 heavy (non-hydrogen) atoms. The predicted octanol–water partition coefficient (Wildman–Crippen LogP) is 3.51. The molecule has 0 saturated heterocycles. The summed E-state index contributed by atoms with van der Waals surface area (Å²) in [5.41, 5.74) is 4.12. The molecule has 2 aromatic heterocycles. The number of rotatable bonds is 5. The van der Waals surface area contributed by atoms with Crippen LogP contribution in [0.1, 0.15) is 65.6 Å². The Morgan fingerprint density at radius 2 is 1.71 bits per heavy atom. The summed E-state index contributed by atoms with van der Waals surface area (Å²) in [6.07, 6.45) is 4.78. The third kappa shape index (κ3) is 3.77. The van der Waals surface area contributed by atoms with E-state index in [-0.39, 0.29) is 5.56 Å². The molecule has 0 N–H and O–H groups in total. The van der Waals surface area contributed by atoms with E-state index in [1.807, 2.05) is 30.7 Å². The van der Waals surface area contributed by atoms with Crippen LogP contribution in [0.3, 0.4) is 0 Å². The van der Waals surface area contributed by atoms with Gasteiger partial charge in [-0.05, 0) is 50.3 Å². The molecule has 0 aliphatic heterocycles. The molecule has 0 bridgehead atoms. The van der Waals surface area contributed by atoms with Crippen molar-refractivity contribution >= 4 is 0 Å². The van der Waals surface area contributed by atoms with E-state index in [1.54, 1.807) is 6.07 Å². The van der Waals surface area contributed by atoms with Crippen LogP contribution in [0.15, 0.2) is 35.1 Å². The Morgan fingerprint density at radius 1 is 0.964 bits per heavy atom. The van der Waals surface area contributed by atoms with Crippen molar-refractivity contribution in [1.29, 1.82) is 0 Å². The van der Waals surface area contributed by atoms with Gasteiger partial charge in [0.1, 0.15) is 12.4 Å². The fourth-order valence-corrected chi connectivity index (χ4v) is 3.86. The minimum Gasteiger partial charge on any atom is -0.268 e. The van der Waals surface area contributed by atoms with E-state index in [0.717, 1.165) is 35.7 Å². The highest BCUT2D eigenvalue weighted by Gasteiger charge is 2.23. The Morgan fingerprint density at radius 3 is 2.46 bits per heavy atom. The van der Waals surface area contributed by atoms with Crippen LogP contribution in [0.5, 0.6) is 0 Å². The molecule has 0 radical (unpaired) electrons. The summed E-state index contributed by atoms with van der Waals surface area (Å²) in [7, 11) is 0. The topological polar surface area (TPSA) is 65.6 Å². The molecule has 2 heterocycles. The Balaban J connectivity index is 1.71. The molecule has 3 aromatic rings. The summed E-state index contributed by atoms with van der Waals surface area (Å²) < 4.78 is 3.46. The maximum Gasteiger partial charge on any atom is 0.267 e. The second kappa shape index (κ2) is 7.70. The second-order valence-electron chi connectivity index (χ2n) is 7.86. The molecule has 0 amide bonds. The van der Waals surface area contributed by atoms with Crippen LogP contribution in [0.2, 0.25) is 0 Å². The summed E-state index contributed by atoms with van der Waals surface area (Å²) in [5, 5.41) is 9.32. The average Bonchev–Trinajstić information content (AvgIpc) is 3.32. The lowest BCUT2D eigenvalue weighted by atomic mass is 10.1. The first kappa shape index (κ1) is 18.6. The minimum atomic E-state index is -0.101. The van der Waals surface area contributed by atoms with Gasteiger partial charge in [0, 0.05) is 12.0 Å². The van der Waals surface area contributed by atoms with Crippen molar-refractivity contribution < 1.29 is 0 Å². The molecule has 146 valence electrons. The maximum atomic E-state index is 12.4. The molecule has 0 unspecified atom stereocenters. The van der Waals surface area contributed by atoms with Gasteiger partial charge in [-0.1, -0.05) is 37.1 Å². The van der Waals surface area contributed by atoms with Crippen molar-refractivity contribution in [3.8, 4) is 0 Å². The number of hydrogen-bond acceptors (Lipinski definition) is 4. The lowest BCUT2D eigenvalue weighted by Crippen LogP contribution is -2.26. The molecule has 6 heteroatoms. The molecule has 4 rings (SSSR count). The molecule has 1 saturated carbocycles. The van der Waals surface area contributed by atoms with Gasteiger partial charge in [0.15, 0.2) is 5.82 Å². The number of hydrogen-bond donors (Lipinski definition) is 0. The number of aryl methyl sites for hydroxylation is 3. The lowest BCUT2D eigenvalue weighted by molar-refractivity contribution is 0.552. The molecule has 6 nitrogen and oxygen atoms in total. The molecule has 0 atom stereocenters. The van der Waals surface area contributed by atoms with E-state index < -0.39 is 0 Å². The first-order valence-electron chi connectivity index (χ1n) is 10.0. The fraction of sp³-hybridized carbons (Fsp3) is 0.455. The van der Waals surface area contributed by atoms with E-state index in [1.165, 1.54) is 28.7 Å². The van der Waals surface area contributed by atoms with Gasteiger partial charge in [-0.2, -0.15) is 10.2 Å². The number of nitrogens with zero attached hydrogens (tertiary/aromatic N) is 5. The van der Waals surface area contributed by atoms with E-state index in [4.69, 9.17) is 10.1 Å². The molecule has 0 spiro atoms. The smallest absolute Gasteiger partial charge is 0.267 e. The normalized spacial score (nSPS) is 14.7. The fourth-order valence-electron chi connectivity index (χ4n) is 3.86. The zero-order chi connectivity index (χ0) is 19.7. The first-order valence-corrected chi connectivity index (χ1v) is 10.0. The van der Waals surface area contributed by atoms with Crippen molar-refractivity contribution in [2.24, 2.45) is 0 Å². The Hall–Kier alpha value is -2.76. The minimum absolute atomic E-state index is 0.101. The van der Waals surface area contributed by atoms with E-state index in [2.05, 4.69) is 24.2 Å². The molecular formula is C22H27N5O. The molecule has 1 aliphatic rings. The summed E-state index contributed by atoms with van der Waals surface area (Å²) in [6, 6.07) is 9.97. The summed E-state index contributed by atoms with van der Waals surface area (Å²) in [6.45, 7) is 6.94. The Labute approximate surface area is 165 Å². The monoisotopic (exact) mass is 377 g/mol. The van der Waals surface area contributed by atoms with Crippen LogP contribution in [0.25, 0.3) is 0 Å². The van der Waals surface area contributed by atoms with Crippen LogP contribution in [0, 0.1) is 20.8 Å². The van der Waals surface area contributed by atoms with Crippen LogP contribution in [-0.4, -0.2) is 24.5 Å². The van der Waals surface area contributed by atoms with Gasteiger partial charge >= 0.3 is 0 Å². The quantitative estimate of drug-likeness (QED) is 0.682. The van der Waals surface area contributed by atoms with E-state index in [0.29, 0.717) is 19.0 Å². The predicted molar refractivity (Wildman–Crippen MR) is 109 cm³/mol. The van der Waals surface area contributed by atoms with Gasteiger partial charge in [-0.3, -0.25) is 4.79 Å². The summed E-state index contributed by atoms with van der Waals surface area (Å²) in [4.78, 5) is 17.3. The Kier molecular flexibility index (Phi) is 5.11. The van der Waals surface area contributed by atoms with Gasteiger partial charge in [-0.25, -0.2) is 14.3 Å². The van der Waals surface area contributed by atoms with Gasteiger partial charge in [-0.15, -0.1) is 0 Å². The van der Waals surface area contributed by atoms with Crippen LogP contribution < -0.4 is 5.56 Å². The molecular weight excluding hydrogens is 350 g/mol. The van der Waals surface area contributed by atoms with Gasteiger partial charge < -0.3 is 0 Å². The number of aromatic nitrogens is 5. The van der Waals surface area contributed by atoms with Gasteiger partial charge in [0.25, 0.3) is 5.56 Å². The largest absolute Gasteiger partial charge is 0.268 e. The zero-order valence-corrected chi connectivity index (χ0v) is 16.9. The van der Waals surface area contributed by atoms with Crippen molar-refractivity contribution in [2.75, 3.05) is 0 Å². The zero-order valence-electron chi connectivity index (χ0n) is 16.9. The van der Waals surface area contributed by atoms with E-state index in [9.17, 15) is 4.79 Å².